The van der Waals surface area contributed by atoms with Gasteiger partial charge in [-0.1, -0.05) is 41.4 Å². The first kappa shape index (κ1) is 30.7. The number of nitrogens with one attached hydrogen (secondary N) is 1. The minimum absolute atomic E-state index is 0.0212. The fraction of sp³-hybridized carbons (Fsp3) is 0.462. The van der Waals surface area contributed by atoms with Crippen LogP contribution in [0.4, 0.5) is 5.69 Å². The molecule has 0 aliphatic carbocycles. The number of carbonyl (C=O) groups is 2. The number of hydrogen-bond donors (Lipinski definition) is 1. The molecule has 8 nitrogen and oxygen atoms in total. The molecule has 0 heterocycles. The lowest BCUT2D eigenvalue weighted by Crippen LogP contribution is -2.49. The number of halogens is 2. The molecular weight excluding hydrogens is 537 g/mol. The molecule has 1 N–H and O–H groups in total. The summed E-state index contributed by atoms with van der Waals surface area (Å²) >= 11 is 12.4. The molecule has 0 fully saturated rings. The Hall–Kier alpha value is -2.49. The van der Waals surface area contributed by atoms with E-state index in [9.17, 15) is 18.0 Å². The van der Waals surface area contributed by atoms with E-state index < -0.39 is 16.1 Å². The molecule has 0 aliphatic rings. The number of carbonyl (C=O) groups excluding carboxylic acids is 2. The van der Waals surface area contributed by atoms with Crippen LogP contribution in [0.3, 0.4) is 0 Å². The Balaban J connectivity index is 2.24. The van der Waals surface area contributed by atoms with Crippen LogP contribution in [0, 0.1) is 0 Å². The fourth-order valence-corrected chi connectivity index (χ4v) is 5.18. The van der Waals surface area contributed by atoms with Crippen LogP contribution < -0.4 is 14.4 Å². The van der Waals surface area contributed by atoms with Gasteiger partial charge in [-0.05, 0) is 63.9 Å². The highest BCUT2D eigenvalue weighted by molar-refractivity contribution is 7.92. The van der Waals surface area contributed by atoms with E-state index in [2.05, 4.69) is 5.32 Å². The SMILES string of the molecule is CCOc1ccccc1N(CCCC(=O)N(Cc1ccc(Cl)cc1Cl)C(C)C(=O)NC(C)C)S(C)(=O)=O. The minimum atomic E-state index is -3.64. The van der Waals surface area contributed by atoms with E-state index >= 15 is 0 Å². The first-order chi connectivity index (χ1) is 17.3. The van der Waals surface area contributed by atoms with Crippen molar-refractivity contribution in [2.24, 2.45) is 0 Å². The number of anilines is 1. The molecule has 37 heavy (non-hydrogen) atoms. The summed E-state index contributed by atoms with van der Waals surface area (Å²) in [7, 11) is -3.64. The van der Waals surface area contributed by atoms with Crippen molar-refractivity contribution in [1.29, 1.82) is 0 Å². The lowest BCUT2D eigenvalue weighted by Gasteiger charge is -2.30. The number of para-hydroxylation sites is 2. The second-order valence-corrected chi connectivity index (χ2v) is 11.7. The molecular formula is C26H35Cl2N3O5S. The Morgan fingerprint density at radius 2 is 1.76 bits per heavy atom. The minimum Gasteiger partial charge on any atom is -0.492 e. The zero-order valence-electron chi connectivity index (χ0n) is 21.8. The molecule has 1 atom stereocenters. The molecule has 0 bridgehead atoms. The smallest absolute Gasteiger partial charge is 0.242 e. The number of hydrogen-bond acceptors (Lipinski definition) is 5. The maximum Gasteiger partial charge on any atom is 0.242 e. The molecule has 2 amide bonds. The number of ether oxygens (including phenoxy) is 1. The third kappa shape index (κ3) is 9.09. The average Bonchev–Trinajstić information content (AvgIpc) is 2.80. The molecule has 2 rings (SSSR count). The van der Waals surface area contributed by atoms with Crippen molar-refractivity contribution in [3.8, 4) is 5.75 Å². The third-order valence-corrected chi connectivity index (χ3v) is 7.31. The van der Waals surface area contributed by atoms with Gasteiger partial charge >= 0.3 is 0 Å². The lowest BCUT2D eigenvalue weighted by molar-refractivity contribution is -0.140. The molecule has 2 aromatic rings. The molecule has 0 spiro atoms. The Kier molecular flexibility index (Phi) is 11.5. The van der Waals surface area contributed by atoms with E-state index in [4.69, 9.17) is 27.9 Å². The van der Waals surface area contributed by atoms with Crippen molar-refractivity contribution < 1.29 is 22.7 Å². The normalized spacial score (nSPS) is 12.2. The van der Waals surface area contributed by atoms with Gasteiger partial charge in [-0.2, -0.15) is 0 Å². The van der Waals surface area contributed by atoms with Gasteiger partial charge in [-0.3, -0.25) is 13.9 Å². The predicted molar refractivity (Wildman–Crippen MR) is 149 cm³/mol. The fourth-order valence-electron chi connectivity index (χ4n) is 3.74. The first-order valence-corrected chi connectivity index (χ1v) is 14.7. The zero-order chi connectivity index (χ0) is 27.8. The number of benzene rings is 2. The number of rotatable bonds is 13. The largest absolute Gasteiger partial charge is 0.492 e. The van der Waals surface area contributed by atoms with E-state index in [-0.39, 0.29) is 43.8 Å². The van der Waals surface area contributed by atoms with Gasteiger partial charge in [-0.25, -0.2) is 8.42 Å². The van der Waals surface area contributed by atoms with E-state index in [0.717, 1.165) is 6.26 Å². The van der Waals surface area contributed by atoms with Gasteiger partial charge in [0, 0.05) is 35.6 Å². The first-order valence-electron chi connectivity index (χ1n) is 12.1. The molecule has 2 aromatic carbocycles. The molecule has 0 saturated heterocycles. The van der Waals surface area contributed by atoms with E-state index in [0.29, 0.717) is 33.7 Å². The van der Waals surface area contributed by atoms with Crippen LogP contribution in [0.25, 0.3) is 0 Å². The van der Waals surface area contributed by atoms with Crippen LogP contribution in [0.5, 0.6) is 5.75 Å². The van der Waals surface area contributed by atoms with Crippen LogP contribution in [-0.4, -0.2) is 56.6 Å². The second kappa shape index (κ2) is 13.9. The molecule has 0 aliphatic heterocycles. The van der Waals surface area contributed by atoms with Gasteiger partial charge < -0.3 is 15.0 Å². The second-order valence-electron chi connectivity index (χ2n) is 8.94. The molecule has 0 aromatic heterocycles. The van der Waals surface area contributed by atoms with Crippen molar-refractivity contribution >= 4 is 50.7 Å². The average molecular weight is 573 g/mol. The van der Waals surface area contributed by atoms with E-state index in [1.807, 2.05) is 20.8 Å². The van der Waals surface area contributed by atoms with Crippen molar-refractivity contribution in [2.75, 3.05) is 23.7 Å². The van der Waals surface area contributed by atoms with Gasteiger partial charge in [0.25, 0.3) is 0 Å². The summed E-state index contributed by atoms with van der Waals surface area (Å²) < 4.78 is 32.0. The predicted octanol–water partition coefficient (Wildman–Crippen LogP) is 4.88. The van der Waals surface area contributed by atoms with Crippen LogP contribution >= 0.6 is 23.2 Å². The van der Waals surface area contributed by atoms with Crippen LogP contribution in [-0.2, 0) is 26.2 Å². The van der Waals surface area contributed by atoms with Crippen LogP contribution in [0.1, 0.15) is 46.1 Å². The highest BCUT2D eigenvalue weighted by Gasteiger charge is 2.28. The third-order valence-electron chi connectivity index (χ3n) is 5.54. The maximum absolute atomic E-state index is 13.4. The quantitative estimate of drug-likeness (QED) is 0.369. The van der Waals surface area contributed by atoms with E-state index in [1.165, 1.54) is 9.21 Å². The summed E-state index contributed by atoms with van der Waals surface area (Å²) in [4.78, 5) is 27.6. The molecule has 204 valence electrons. The molecule has 1 unspecified atom stereocenters. The number of sulfonamides is 1. The van der Waals surface area contributed by atoms with Crippen molar-refractivity contribution in [3.05, 3.63) is 58.1 Å². The number of amides is 2. The topological polar surface area (TPSA) is 96.0 Å². The van der Waals surface area contributed by atoms with Crippen molar-refractivity contribution in [3.63, 3.8) is 0 Å². The van der Waals surface area contributed by atoms with Crippen LogP contribution in [0.15, 0.2) is 42.5 Å². The molecule has 11 heteroatoms. The molecule has 0 saturated carbocycles. The van der Waals surface area contributed by atoms with Gasteiger partial charge in [0.05, 0.1) is 18.6 Å². The summed E-state index contributed by atoms with van der Waals surface area (Å²) in [5.74, 6) is -0.152. The van der Waals surface area contributed by atoms with Crippen molar-refractivity contribution in [1.82, 2.24) is 10.2 Å². The number of nitrogens with zero attached hydrogens (tertiary/aromatic N) is 2. The Bertz CT molecular complexity index is 1190. The summed E-state index contributed by atoms with van der Waals surface area (Å²) in [6, 6.07) is 11.0. The summed E-state index contributed by atoms with van der Waals surface area (Å²) in [5.41, 5.74) is 1.06. The van der Waals surface area contributed by atoms with Gasteiger partial charge in [0.2, 0.25) is 21.8 Å². The summed E-state index contributed by atoms with van der Waals surface area (Å²) in [5, 5.41) is 3.68. The van der Waals surface area contributed by atoms with Gasteiger partial charge in [-0.15, -0.1) is 0 Å². The highest BCUT2D eigenvalue weighted by Crippen LogP contribution is 2.30. The summed E-state index contributed by atoms with van der Waals surface area (Å²) in [6.45, 7) is 7.70. The van der Waals surface area contributed by atoms with Gasteiger partial charge in [0.1, 0.15) is 11.8 Å². The Labute approximate surface area is 229 Å². The van der Waals surface area contributed by atoms with Crippen LogP contribution in [0.2, 0.25) is 10.0 Å². The Morgan fingerprint density at radius 3 is 2.35 bits per heavy atom. The van der Waals surface area contributed by atoms with Gasteiger partial charge in [0.15, 0.2) is 0 Å². The summed E-state index contributed by atoms with van der Waals surface area (Å²) in [6.07, 6.45) is 1.37. The maximum atomic E-state index is 13.4. The lowest BCUT2D eigenvalue weighted by atomic mass is 10.1. The van der Waals surface area contributed by atoms with Crippen molar-refractivity contribution in [2.45, 2.75) is 59.2 Å². The highest BCUT2D eigenvalue weighted by atomic mass is 35.5. The van der Waals surface area contributed by atoms with E-state index in [1.54, 1.807) is 49.4 Å². The standard InChI is InChI=1S/C26H35Cl2N3O5S/c1-6-36-24-11-8-7-10-23(24)31(37(5,34)35)15-9-12-25(32)30(19(4)26(33)29-18(2)3)17-20-13-14-21(27)16-22(20)28/h7-8,10-11,13-14,16,18-19H,6,9,12,15,17H2,1-5H3,(H,29,33). The zero-order valence-corrected chi connectivity index (χ0v) is 24.2. The monoisotopic (exact) mass is 571 g/mol. The molecule has 0 radical (unpaired) electrons. The Morgan fingerprint density at radius 1 is 1.08 bits per heavy atom.